The number of alkyl carbamates (subject to hydrolysis) is 1. The average molecular weight is 553 g/mol. The molecule has 13 nitrogen and oxygen atoms in total. The van der Waals surface area contributed by atoms with Gasteiger partial charge >= 0.3 is 12.1 Å². The number of hydrogen-bond donors (Lipinski definition) is 5. The molecule has 1 aromatic heterocycles. The molecule has 13 heteroatoms. The maximum absolute atomic E-state index is 11.8. The summed E-state index contributed by atoms with van der Waals surface area (Å²) < 4.78 is 10.8. The van der Waals surface area contributed by atoms with Gasteiger partial charge in [0.2, 0.25) is 5.95 Å². The highest BCUT2D eigenvalue weighted by Crippen LogP contribution is 2.27. The number of benzene rings is 1. The molecule has 1 aromatic carbocycles. The van der Waals surface area contributed by atoms with Crippen LogP contribution in [0, 0.1) is 11.8 Å². The number of amides is 1. The first-order chi connectivity index (χ1) is 19.0. The molecular weight excluding hydrogens is 516 g/mol. The third-order valence-corrected chi connectivity index (χ3v) is 5.30. The van der Waals surface area contributed by atoms with Crippen LogP contribution in [0.5, 0.6) is 5.75 Å². The van der Waals surface area contributed by atoms with Gasteiger partial charge in [-0.2, -0.15) is 4.98 Å². The lowest BCUT2D eigenvalue weighted by Gasteiger charge is -2.23. The number of nitrogens with one attached hydrogen (secondary N) is 2. The predicted octanol–water partition coefficient (Wildman–Crippen LogP) is 2.80. The molecule has 40 heavy (non-hydrogen) atoms. The molecule has 0 bridgehead atoms. The zero-order chi connectivity index (χ0) is 29.1. The number of anilines is 4. The Bertz CT molecular complexity index is 1260. The van der Waals surface area contributed by atoms with E-state index in [0.717, 1.165) is 0 Å². The number of nitrogens with two attached hydrogens (primary N) is 2. The summed E-state index contributed by atoms with van der Waals surface area (Å²) in [6, 6.07) is 6.94. The molecule has 0 atom stereocenters. The number of carboxylic acid groups (broad SMARTS) is 1. The molecular formula is C27H36N8O5. The van der Waals surface area contributed by atoms with Crippen LogP contribution in [0.1, 0.15) is 40.0 Å². The zero-order valence-electron chi connectivity index (χ0n) is 22.9. The standard InChI is InChI=1S/C27H36N8O5/c1-27(2,3)40-26(38)30-13-6-15-34-14-4-7-19(18-34)32-25-31-17-22(28)24(33-25)35(29)20-9-11-21(12-10-20)39-16-5-8-23(36)37/h9-12,17-18H,5-6,8,13-16,28-29H2,1-3H3,(H,30,38)(H,36,37)(H,31,32,33). The van der Waals surface area contributed by atoms with E-state index in [1.54, 1.807) is 24.3 Å². The van der Waals surface area contributed by atoms with Crippen LogP contribution in [-0.2, 0) is 9.53 Å². The normalized spacial score (nSPS) is 12.5. The van der Waals surface area contributed by atoms with Gasteiger partial charge in [0.05, 0.1) is 30.7 Å². The predicted molar refractivity (Wildman–Crippen MR) is 151 cm³/mol. The number of carbonyl (C=O) groups excluding carboxylic acids is 1. The van der Waals surface area contributed by atoms with E-state index in [1.165, 1.54) is 11.2 Å². The van der Waals surface area contributed by atoms with Crippen LogP contribution in [0.3, 0.4) is 0 Å². The number of nitrogen functional groups attached to an aromatic ring is 1. The van der Waals surface area contributed by atoms with Crippen LogP contribution in [0.2, 0.25) is 0 Å². The van der Waals surface area contributed by atoms with Gasteiger partial charge in [0.15, 0.2) is 5.82 Å². The summed E-state index contributed by atoms with van der Waals surface area (Å²) in [7, 11) is 0. The van der Waals surface area contributed by atoms with Crippen molar-refractivity contribution < 1.29 is 24.2 Å². The molecule has 1 aliphatic rings. The first-order valence-electron chi connectivity index (χ1n) is 12.8. The summed E-state index contributed by atoms with van der Waals surface area (Å²) in [4.78, 5) is 33.1. The van der Waals surface area contributed by atoms with Gasteiger partial charge in [-0.05, 0) is 63.8 Å². The van der Waals surface area contributed by atoms with Gasteiger partial charge in [-0.25, -0.2) is 15.6 Å². The van der Waals surface area contributed by atoms with Crippen molar-refractivity contribution in [3.63, 3.8) is 0 Å². The fraction of sp³-hybridized carbons (Fsp3) is 0.407. The number of aliphatic carboxylic acids is 1. The first kappa shape index (κ1) is 29.9. The maximum Gasteiger partial charge on any atom is 0.407 e. The molecule has 2 heterocycles. The minimum atomic E-state index is -0.858. The van der Waals surface area contributed by atoms with Crippen molar-refractivity contribution in [2.45, 2.75) is 45.6 Å². The highest BCUT2D eigenvalue weighted by atomic mass is 16.6. The largest absolute Gasteiger partial charge is 0.494 e. The Hall–Kier alpha value is -4.70. The molecule has 1 aliphatic heterocycles. The maximum atomic E-state index is 11.8. The van der Waals surface area contributed by atoms with Gasteiger partial charge in [0.25, 0.3) is 0 Å². The summed E-state index contributed by atoms with van der Waals surface area (Å²) in [5.41, 5.74) is 7.07. The van der Waals surface area contributed by atoms with Crippen LogP contribution in [0.15, 0.2) is 42.4 Å². The second-order valence-electron chi connectivity index (χ2n) is 9.90. The van der Waals surface area contributed by atoms with Crippen LogP contribution < -0.4 is 32.0 Å². The lowest BCUT2D eigenvalue weighted by molar-refractivity contribution is -0.137. The third kappa shape index (κ3) is 9.88. The molecule has 0 saturated carbocycles. The number of carbonyl (C=O) groups is 2. The summed E-state index contributed by atoms with van der Waals surface area (Å²) in [5.74, 6) is 12.7. The molecule has 2 aromatic rings. The molecule has 7 N–H and O–H groups in total. The van der Waals surface area contributed by atoms with Gasteiger partial charge in [-0.3, -0.25) is 9.80 Å². The molecule has 0 fully saturated rings. The minimum Gasteiger partial charge on any atom is -0.494 e. The first-order valence-corrected chi connectivity index (χ1v) is 12.8. The van der Waals surface area contributed by atoms with Gasteiger partial charge < -0.3 is 35.8 Å². The Morgan fingerprint density at radius 1 is 1.23 bits per heavy atom. The Kier molecular flexibility index (Phi) is 10.4. The second-order valence-corrected chi connectivity index (χ2v) is 9.90. The van der Waals surface area contributed by atoms with Gasteiger partial charge in [0.1, 0.15) is 17.0 Å². The quantitative estimate of drug-likeness (QED) is 0.106. The molecule has 214 valence electrons. The van der Waals surface area contributed by atoms with Crippen LogP contribution >= 0.6 is 0 Å². The van der Waals surface area contributed by atoms with Crippen molar-refractivity contribution in [1.82, 2.24) is 20.2 Å². The number of rotatable bonds is 13. The van der Waals surface area contributed by atoms with Crippen molar-refractivity contribution in [1.29, 1.82) is 0 Å². The Labute approximate surface area is 233 Å². The lowest BCUT2D eigenvalue weighted by Crippen LogP contribution is -2.34. The number of carboxylic acids is 1. The third-order valence-electron chi connectivity index (χ3n) is 5.30. The number of hydrogen-bond acceptors (Lipinski definition) is 11. The molecule has 0 spiro atoms. The average Bonchev–Trinajstić information content (AvgIpc) is 2.89. The van der Waals surface area contributed by atoms with E-state index in [-0.39, 0.29) is 18.1 Å². The Balaban J connectivity index is 1.55. The molecule has 3 rings (SSSR count). The van der Waals surface area contributed by atoms with E-state index >= 15 is 0 Å². The number of allylic oxidation sites excluding steroid dienone is 1. The lowest BCUT2D eigenvalue weighted by atomic mass is 10.2. The van der Waals surface area contributed by atoms with E-state index in [1.807, 2.05) is 31.9 Å². The van der Waals surface area contributed by atoms with Crippen LogP contribution in [0.4, 0.5) is 27.9 Å². The monoisotopic (exact) mass is 552 g/mol. The van der Waals surface area contributed by atoms with E-state index in [0.29, 0.717) is 62.0 Å². The number of aromatic nitrogens is 2. The molecule has 0 unspecified atom stereocenters. The molecule has 0 radical (unpaired) electrons. The Morgan fingerprint density at radius 3 is 2.67 bits per heavy atom. The van der Waals surface area contributed by atoms with E-state index in [4.69, 9.17) is 26.2 Å². The van der Waals surface area contributed by atoms with Gasteiger partial charge in [-0.1, -0.05) is 5.92 Å². The summed E-state index contributed by atoms with van der Waals surface area (Å²) >= 11 is 0. The Morgan fingerprint density at radius 2 is 1.98 bits per heavy atom. The number of nitrogens with zero attached hydrogens (tertiary/aromatic N) is 4. The topological polar surface area (TPSA) is 181 Å². The summed E-state index contributed by atoms with van der Waals surface area (Å²) in [6.45, 7) is 7.47. The summed E-state index contributed by atoms with van der Waals surface area (Å²) in [6.07, 6.45) is 4.07. The summed E-state index contributed by atoms with van der Waals surface area (Å²) in [5, 5.41) is 15.9. The molecule has 1 amide bonds. The van der Waals surface area contributed by atoms with E-state index in [2.05, 4.69) is 32.4 Å². The van der Waals surface area contributed by atoms with Crippen molar-refractivity contribution in [2.75, 3.05) is 42.3 Å². The highest BCUT2D eigenvalue weighted by molar-refractivity contribution is 5.71. The van der Waals surface area contributed by atoms with Crippen LogP contribution in [0.25, 0.3) is 0 Å². The minimum absolute atomic E-state index is 0.0475. The van der Waals surface area contributed by atoms with Crippen molar-refractivity contribution in [3.8, 4) is 17.6 Å². The number of ether oxygens (including phenoxy) is 2. The van der Waals surface area contributed by atoms with Gasteiger partial charge in [-0.15, -0.1) is 0 Å². The van der Waals surface area contributed by atoms with Crippen molar-refractivity contribution >= 4 is 35.2 Å². The SMILES string of the molecule is CC(C)(C)OC(=O)NCCCN1C=C(Nc2ncc(N)c(N(N)c3ccc(OCCCC(=O)O)cc3)n2)C#CC1. The fourth-order valence-electron chi connectivity index (χ4n) is 3.49. The molecule has 0 aliphatic carbocycles. The van der Waals surface area contributed by atoms with Crippen molar-refractivity contribution in [2.24, 2.45) is 5.84 Å². The van der Waals surface area contributed by atoms with Crippen molar-refractivity contribution in [3.05, 3.63) is 42.4 Å². The van der Waals surface area contributed by atoms with E-state index in [9.17, 15) is 9.59 Å². The second kappa shape index (κ2) is 13.9. The fourth-order valence-corrected chi connectivity index (χ4v) is 3.49. The van der Waals surface area contributed by atoms with E-state index < -0.39 is 17.7 Å². The highest BCUT2D eigenvalue weighted by Gasteiger charge is 2.16. The van der Waals surface area contributed by atoms with Crippen LogP contribution in [-0.4, -0.2) is 63.9 Å². The smallest absolute Gasteiger partial charge is 0.407 e. The molecule has 0 saturated heterocycles. The van der Waals surface area contributed by atoms with Gasteiger partial charge in [0, 0.05) is 25.7 Å². The zero-order valence-corrected chi connectivity index (χ0v) is 22.9. The number of hydrazine groups is 1.